The van der Waals surface area contributed by atoms with E-state index in [1.807, 2.05) is 4.90 Å². The highest BCUT2D eigenvalue weighted by Crippen LogP contribution is 2.43. The second-order valence-electron chi connectivity index (χ2n) is 5.44. The summed E-state index contributed by atoms with van der Waals surface area (Å²) in [6, 6.07) is 0.435. The molecule has 2 aliphatic heterocycles. The van der Waals surface area contributed by atoms with Crippen LogP contribution in [0.15, 0.2) is 0 Å². The third kappa shape index (κ3) is 1.35. The highest BCUT2D eigenvalue weighted by molar-refractivity contribution is 5.70. The first-order valence-electron chi connectivity index (χ1n) is 6.31. The van der Waals surface area contributed by atoms with Crippen molar-refractivity contribution in [3.63, 3.8) is 0 Å². The van der Waals surface area contributed by atoms with E-state index in [0.29, 0.717) is 18.4 Å². The van der Waals surface area contributed by atoms with Crippen LogP contribution < -0.4 is 0 Å². The van der Waals surface area contributed by atoms with Gasteiger partial charge in [-0.1, -0.05) is 6.42 Å². The van der Waals surface area contributed by atoms with E-state index in [9.17, 15) is 9.90 Å². The molecule has 0 spiro atoms. The number of amides is 1. The van der Waals surface area contributed by atoms with E-state index in [4.69, 9.17) is 4.74 Å². The van der Waals surface area contributed by atoms with Gasteiger partial charge in [0.2, 0.25) is 0 Å². The minimum absolute atomic E-state index is 0.156. The van der Waals surface area contributed by atoms with Crippen molar-refractivity contribution in [3.05, 3.63) is 0 Å². The van der Waals surface area contributed by atoms with E-state index in [-0.39, 0.29) is 24.3 Å². The number of fused-ring (bicyclic) bond motifs is 2. The fraction of sp³-hybridized carbons (Fsp3) is 0.917. The Bertz CT molecular complexity index is 307. The Hall–Kier alpha value is -0.770. The third-order valence-electron chi connectivity index (χ3n) is 4.69. The Kier molecular flexibility index (Phi) is 2.35. The maximum absolute atomic E-state index is 11.6. The molecule has 4 nitrogen and oxygen atoms in total. The second kappa shape index (κ2) is 3.62. The first-order chi connectivity index (χ1) is 7.68. The Morgan fingerprint density at radius 2 is 2.19 bits per heavy atom. The zero-order valence-corrected chi connectivity index (χ0v) is 9.63. The van der Waals surface area contributed by atoms with Gasteiger partial charge in [0.25, 0.3) is 0 Å². The molecule has 0 bridgehead atoms. The molecule has 1 N–H and O–H groups in total. The Morgan fingerprint density at radius 3 is 3.00 bits per heavy atom. The zero-order valence-electron chi connectivity index (χ0n) is 9.63. The predicted octanol–water partition coefficient (Wildman–Crippen LogP) is 1.38. The van der Waals surface area contributed by atoms with E-state index in [1.54, 1.807) is 0 Å². The van der Waals surface area contributed by atoms with Crippen molar-refractivity contribution in [1.82, 2.24) is 4.90 Å². The lowest BCUT2D eigenvalue weighted by molar-refractivity contribution is -0.0415. The lowest BCUT2D eigenvalue weighted by Gasteiger charge is -2.48. The number of nitrogens with zero attached hydrogens (tertiary/aromatic N) is 1. The fourth-order valence-corrected chi connectivity index (χ4v) is 3.88. The minimum atomic E-state index is -0.168. The molecular weight excluding hydrogens is 206 g/mol. The van der Waals surface area contributed by atoms with Crippen molar-refractivity contribution in [1.29, 1.82) is 0 Å². The molecule has 1 saturated carbocycles. The molecule has 1 aliphatic carbocycles. The molecule has 0 aromatic carbocycles. The number of aliphatic hydroxyl groups excluding tert-OH is 1. The van der Waals surface area contributed by atoms with Gasteiger partial charge in [0.15, 0.2) is 0 Å². The Balaban J connectivity index is 1.85. The number of ether oxygens (including phenoxy) is 1. The quantitative estimate of drug-likeness (QED) is 0.677. The zero-order chi connectivity index (χ0) is 11.3. The Morgan fingerprint density at radius 1 is 1.38 bits per heavy atom. The van der Waals surface area contributed by atoms with Crippen LogP contribution in [0.2, 0.25) is 0 Å². The molecule has 3 fully saturated rings. The third-order valence-corrected chi connectivity index (χ3v) is 4.69. The molecule has 3 aliphatic rings. The molecule has 0 aromatic rings. The largest absolute Gasteiger partial charge is 0.447 e. The van der Waals surface area contributed by atoms with Crippen molar-refractivity contribution in [2.75, 3.05) is 6.61 Å². The van der Waals surface area contributed by atoms with Crippen molar-refractivity contribution < 1.29 is 14.6 Å². The molecule has 5 atom stereocenters. The van der Waals surface area contributed by atoms with Crippen LogP contribution >= 0.6 is 0 Å². The fourth-order valence-electron chi connectivity index (χ4n) is 3.88. The highest BCUT2D eigenvalue weighted by Gasteiger charge is 2.49. The monoisotopic (exact) mass is 225 g/mol. The second-order valence-corrected chi connectivity index (χ2v) is 5.44. The van der Waals surface area contributed by atoms with Crippen LogP contribution in [0, 0.1) is 11.8 Å². The van der Waals surface area contributed by atoms with Gasteiger partial charge in [-0.25, -0.2) is 4.79 Å². The highest BCUT2D eigenvalue weighted by atomic mass is 16.6. The van der Waals surface area contributed by atoms with Crippen molar-refractivity contribution in [2.24, 2.45) is 11.8 Å². The van der Waals surface area contributed by atoms with E-state index in [2.05, 4.69) is 6.92 Å². The number of cyclic esters (lactones) is 1. The van der Waals surface area contributed by atoms with E-state index in [0.717, 1.165) is 25.7 Å². The summed E-state index contributed by atoms with van der Waals surface area (Å²) in [6.07, 6.45) is 3.74. The van der Waals surface area contributed by atoms with E-state index in [1.165, 1.54) is 0 Å². The van der Waals surface area contributed by atoms with Crippen molar-refractivity contribution in [2.45, 2.75) is 50.8 Å². The molecule has 3 rings (SSSR count). The number of rotatable bonds is 0. The van der Waals surface area contributed by atoms with Crippen LogP contribution in [-0.4, -0.2) is 40.9 Å². The average molecular weight is 225 g/mol. The summed E-state index contributed by atoms with van der Waals surface area (Å²) in [5.41, 5.74) is 0. The standard InChI is InChI=1S/C12H19NO3/c1-7-9-3-2-4-11(14)10(9)5-8-6-16-12(15)13(7)8/h7-11,14H,2-6H2,1H3/t7?,8-,9?,10?,11?/m0/s1. The van der Waals surface area contributed by atoms with Gasteiger partial charge in [0, 0.05) is 6.04 Å². The van der Waals surface area contributed by atoms with Gasteiger partial charge in [0.05, 0.1) is 12.1 Å². The minimum Gasteiger partial charge on any atom is -0.447 e. The van der Waals surface area contributed by atoms with Gasteiger partial charge in [0.1, 0.15) is 6.61 Å². The summed E-state index contributed by atoms with van der Waals surface area (Å²) in [4.78, 5) is 13.5. The molecular formula is C12H19NO3. The van der Waals surface area contributed by atoms with Gasteiger partial charge in [-0.3, -0.25) is 4.90 Å². The smallest absolute Gasteiger partial charge is 0.410 e. The van der Waals surface area contributed by atoms with Crippen molar-refractivity contribution >= 4 is 6.09 Å². The number of hydrogen-bond donors (Lipinski definition) is 1. The first-order valence-corrected chi connectivity index (χ1v) is 6.31. The SMILES string of the molecule is CC1C2CCCC(O)C2C[C@H]2COC(=O)N12. The summed E-state index contributed by atoms with van der Waals surface area (Å²) in [5.74, 6) is 0.838. The van der Waals surface area contributed by atoms with Crippen LogP contribution in [0.3, 0.4) is 0 Å². The number of aliphatic hydroxyl groups is 1. The lowest BCUT2D eigenvalue weighted by atomic mass is 9.68. The van der Waals surface area contributed by atoms with Crippen LogP contribution in [0.25, 0.3) is 0 Å². The maximum Gasteiger partial charge on any atom is 0.410 e. The molecule has 1 amide bonds. The number of carbonyl (C=O) groups excluding carboxylic acids is 1. The molecule has 2 saturated heterocycles. The number of hydrogen-bond acceptors (Lipinski definition) is 3. The van der Waals surface area contributed by atoms with Gasteiger partial charge < -0.3 is 9.84 Å². The summed E-state index contributed by atoms with van der Waals surface area (Å²) in [6.45, 7) is 2.62. The summed E-state index contributed by atoms with van der Waals surface area (Å²) in [5, 5.41) is 10.1. The summed E-state index contributed by atoms with van der Waals surface area (Å²) in [7, 11) is 0. The predicted molar refractivity (Wildman–Crippen MR) is 57.9 cm³/mol. The molecule has 4 heteroatoms. The van der Waals surface area contributed by atoms with Crippen LogP contribution in [0.5, 0.6) is 0 Å². The van der Waals surface area contributed by atoms with Gasteiger partial charge in [-0.05, 0) is 38.0 Å². The molecule has 2 heterocycles. The normalized spacial score (nSPS) is 47.2. The van der Waals surface area contributed by atoms with Crippen LogP contribution in [0.1, 0.15) is 32.6 Å². The topological polar surface area (TPSA) is 49.8 Å². The molecule has 90 valence electrons. The Labute approximate surface area is 95.6 Å². The van der Waals surface area contributed by atoms with Gasteiger partial charge in [-0.2, -0.15) is 0 Å². The van der Waals surface area contributed by atoms with Gasteiger partial charge >= 0.3 is 6.09 Å². The van der Waals surface area contributed by atoms with Crippen LogP contribution in [0.4, 0.5) is 4.79 Å². The average Bonchev–Trinajstić information content (AvgIpc) is 2.63. The van der Waals surface area contributed by atoms with Crippen LogP contribution in [-0.2, 0) is 4.74 Å². The molecule has 0 radical (unpaired) electrons. The molecule has 0 aromatic heterocycles. The summed E-state index contributed by atoms with van der Waals surface area (Å²) >= 11 is 0. The van der Waals surface area contributed by atoms with E-state index >= 15 is 0 Å². The number of carbonyl (C=O) groups is 1. The van der Waals surface area contributed by atoms with Crippen molar-refractivity contribution in [3.8, 4) is 0 Å². The lowest BCUT2D eigenvalue weighted by Crippen LogP contribution is -2.55. The summed E-state index contributed by atoms with van der Waals surface area (Å²) < 4.78 is 5.12. The first kappa shape index (κ1) is 10.4. The molecule has 4 unspecified atom stereocenters. The maximum atomic E-state index is 11.6. The number of piperidine rings is 1. The molecule has 16 heavy (non-hydrogen) atoms. The van der Waals surface area contributed by atoms with Gasteiger partial charge in [-0.15, -0.1) is 0 Å². The van der Waals surface area contributed by atoms with E-state index < -0.39 is 0 Å².